The predicted octanol–water partition coefficient (Wildman–Crippen LogP) is 2.86. The third-order valence-electron chi connectivity index (χ3n) is 5.23. The number of amides is 1. The van der Waals surface area contributed by atoms with Gasteiger partial charge in [0.25, 0.3) is 0 Å². The zero-order chi connectivity index (χ0) is 20.7. The van der Waals surface area contributed by atoms with Crippen LogP contribution in [0.25, 0.3) is 0 Å². The number of piperidine rings is 1. The summed E-state index contributed by atoms with van der Waals surface area (Å²) in [5.41, 5.74) is 3.04. The normalized spacial score (nSPS) is 15.2. The van der Waals surface area contributed by atoms with Gasteiger partial charge in [-0.3, -0.25) is 9.78 Å². The summed E-state index contributed by atoms with van der Waals surface area (Å²) in [6.07, 6.45) is 6.49. The molecule has 0 spiro atoms. The molecule has 0 bridgehead atoms. The maximum Gasteiger partial charge on any atom is 0.243 e. The third-order valence-corrected chi connectivity index (χ3v) is 7.14. The number of nitrogens with zero attached hydrogens (tertiary/aromatic N) is 2. The molecule has 0 aliphatic carbocycles. The van der Waals surface area contributed by atoms with Crippen LogP contribution in [0, 0.1) is 6.92 Å². The van der Waals surface area contributed by atoms with Crippen molar-refractivity contribution in [3.05, 3.63) is 59.4 Å². The van der Waals surface area contributed by atoms with E-state index in [2.05, 4.69) is 10.3 Å². The molecule has 0 unspecified atom stereocenters. The van der Waals surface area contributed by atoms with E-state index in [9.17, 15) is 13.2 Å². The van der Waals surface area contributed by atoms with Crippen molar-refractivity contribution < 1.29 is 13.2 Å². The van der Waals surface area contributed by atoms with E-state index in [0.717, 1.165) is 42.5 Å². The van der Waals surface area contributed by atoms with Crippen LogP contribution in [0.1, 0.15) is 42.5 Å². The number of pyridine rings is 1. The van der Waals surface area contributed by atoms with Gasteiger partial charge in [0, 0.05) is 37.9 Å². The van der Waals surface area contributed by atoms with Crippen molar-refractivity contribution in [2.75, 3.05) is 19.6 Å². The Kier molecular flexibility index (Phi) is 7.39. The summed E-state index contributed by atoms with van der Waals surface area (Å²) < 4.78 is 26.9. The zero-order valence-corrected chi connectivity index (χ0v) is 17.7. The number of carbonyl (C=O) groups excluding carboxylic acids is 1. The number of benzene rings is 1. The fourth-order valence-corrected chi connectivity index (χ4v) is 4.94. The Morgan fingerprint density at radius 1 is 1.00 bits per heavy atom. The average Bonchev–Trinajstić information content (AvgIpc) is 2.74. The molecule has 1 saturated heterocycles. The van der Waals surface area contributed by atoms with Crippen molar-refractivity contribution in [1.82, 2.24) is 14.6 Å². The smallest absolute Gasteiger partial charge is 0.243 e. The third kappa shape index (κ3) is 6.11. The first-order valence-corrected chi connectivity index (χ1v) is 11.7. The van der Waals surface area contributed by atoms with E-state index in [1.54, 1.807) is 16.4 Å². The van der Waals surface area contributed by atoms with Gasteiger partial charge < -0.3 is 5.32 Å². The standard InChI is InChI=1S/C22H29N3O3S/c1-18-5-6-20(17-24-18)13-14-23-22(26)12-9-19-7-10-21(11-8-19)29(27,28)25-15-3-2-4-16-25/h5-8,10-11,17H,2-4,9,12-16H2,1H3,(H,23,26). The van der Waals surface area contributed by atoms with Gasteiger partial charge in [0.2, 0.25) is 15.9 Å². The SMILES string of the molecule is Cc1ccc(CCNC(=O)CCc2ccc(S(=O)(=O)N3CCCCC3)cc2)cn1. The van der Waals surface area contributed by atoms with Crippen LogP contribution in [0.5, 0.6) is 0 Å². The summed E-state index contributed by atoms with van der Waals surface area (Å²) in [4.78, 5) is 16.6. The largest absolute Gasteiger partial charge is 0.356 e. The molecule has 1 aromatic heterocycles. The Bertz CT molecular complexity index is 903. The summed E-state index contributed by atoms with van der Waals surface area (Å²) in [6.45, 7) is 3.73. The highest BCUT2D eigenvalue weighted by Crippen LogP contribution is 2.21. The van der Waals surface area contributed by atoms with Crippen molar-refractivity contribution in [3.8, 4) is 0 Å². The van der Waals surface area contributed by atoms with E-state index >= 15 is 0 Å². The number of aromatic nitrogens is 1. The molecule has 1 fully saturated rings. The molecular weight excluding hydrogens is 386 g/mol. The lowest BCUT2D eigenvalue weighted by molar-refractivity contribution is -0.121. The Balaban J connectivity index is 1.44. The Morgan fingerprint density at radius 3 is 2.34 bits per heavy atom. The minimum atomic E-state index is -3.40. The van der Waals surface area contributed by atoms with Gasteiger partial charge in [0.15, 0.2) is 0 Å². The highest BCUT2D eigenvalue weighted by molar-refractivity contribution is 7.89. The topological polar surface area (TPSA) is 79.4 Å². The first kappa shape index (κ1) is 21.5. The second kappa shape index (κ2) is 9.98. The fraction of sp³-hybridized carbons (Fsp3) is 0.455. The van der Waals surface area contributed by atoms with Gasteiger partial charge >= 0.3 is 0 Å². The monoisotopic (exact) mass is 415 g/mol. The number of hydrogen-bond acceptors (Lipinski definition) is 4. The predicted molar refractivity (Wildman–Crippen MR) is 113 cm³/mol. The molecule has 7 heteroatoms. The van der Waals surface area contributed by atoms with Crippen molar-refractivity contribution >= 4 is 15.9 Å². The molecule has 1 aliphatic rings. The highest BCUT2D eigenvalue weighted by atomic mass is 32.2. The molecule has 0 atom stereocenters. The lowest BCUT2D eigenvalue weighted by Gasteiger charge is -2.25. The van der Waals surface area contributed by atoms with Gasteiger partial charge in [-0.1, -0.05) is 24.6 Å². The highest BCUT2D eigenvalue weighted by Gasteiger charge is 2.25. The van der Waals surface area contributed by atoms with Crippen LogP contribution in [0.3, 0.4) is 0 Å². The van der Waals surface area contributed by atoms with E-state index in [1.165, 1.54) is 0 Å². The van der Waals surface area contributed by atoms with E-state index in [4.69, 9.17) is 0 Å². The summed E-state index contributed by atoms with van der Waals surface area (Å²) in [5, 5.41) is 2.93. The van der Waals surface area contributed by atoms with Crippen LogP contribution >= 0.6 is 0 Å². The molecule has 156 valence electrons. The van der Waals surface area contributed by atoms with Crippen molar-refractivity contribution in [3.63, 3.8) is 0 Å². The molecule has 1 aliphatic heterocycles. The van der Waals surface area contributed by atoms with Gasteiger partial charge in [0.1, 0.15) is 0 Å². The number of carbonyl (C=O) groups is 1. The first-order chi connectivity index (χ1) is 13.9. The quantitative estimate of drug-likeness (QED) is 0.719. The minimum absolute atomic E-state index is 0.00455. The van der Waals surface area contributed by atoms with Crippen LogP contribution in [0.4, 0.5) is 0 Å². The average molecular weight is 416 g/mol. The molecule has 0 radical (unpaired) electrons. The van der Waals surface area contributed by atoms with Gasteiger partial charge in [-0.2, -0.15) is 4.31 Å². The van der Waals surface area contributed by atoms with Crippen LogP contribution in [0.15, 0.2) is 47.5 Å². The number of sulfonamides is 1. The van der Waals surface area contributed by atoms with Gasteiger partial charge in [-0.05, 0) is 61.9 Å². The molecule has 29 heavy (non-hydrogen) atoms. The van der Waals surface area contributed by atoms with Crippen LogP contribution in [-0.2, 0) is 27.7 Å². The molecular formula is C22H29N3O3S. The van der Waals surface area contributed by atoms with Crippen molar-refractivity contribution in [1.29, 1.82) is 0 Å². The number of aryl methyl sites for hydroxylation is 2. The van der Waals surface area contributed by atoms with Crippen LogP contribution < -0.4 is 5.32 Å². The second-order valence-corrected chi connectivity index (χ2v) is 9.45. The van der Waals surface area contributed by atoms with Gasteiger partial charge in [-0.25, -0.2) is 8.42 Å². The van der Waals surface area contributed by atoms with E-state index in [1.807, 2.05) is 37.4 Å². The molecule has 0 saturated carbocycles. The number of hydrogen-bond donors (Lipinski definition) is 1. The van der Waals surface area contributed by atoms with Crippen molar-refractivity contribution in [2.24, 2.45) is 0 Å². The maximum atomic E-state index is 12.7. The maximum absolute atomic E-state index is 12.7. The Morgan fingerprint density at radius 2 is 1.69 bits per heavy atom. The fourth-order valence-electron chi connectivity index (χ4n) is 3.42. The second-order valence-electron chi connectivity index (χ2n) is 7.52. The van der Waals surface area contributed by atoms with Crippen molar-refractivity contribution in [2.45, 2.75) is 50.3 Å². The Hall–Kier alpha value is -2.25. The summed E-state index contributed by atoms with van der Waals surface area (Å²) in [7, 11) is -3.40. The van der Waals surface area contributed by atoms with E-state index in [0.29, 0.717) is 37.4 Å². The Labute approximate surface area is 173 Å². The lowest BCUT2D eigenvalue weighted by Crippen LogP contribution is -2.35. The molecule has 1 aromatic carbocycles. The van der Waals surface area contributed by atoms with E-state index < -0.39 is 10.0 Å². The molecule has 2 heterocycles. The minimum Gasteiger partial charge on any atom is -0.356 e. The zero-order valence-electron chi connectivity index (χ0n) is 16.9. The molecule has 1 N–H and O–H groups in total. The lowest BCUT2D eigenvalue weighted by atomic mass is 10.1. The first-order valence-electron chi connectivity index (χ1n) is 10.2. The molecule has 2 aromatic rings. The van der Waals surface area contributed by atoms with Crippen LogP contribution in [0.2, 0.25) is 0 Å². The summed E-state index contributed by atoms with van der Waals surface area (Å²) in [5.74, 6) is -0.00455. The molecule has 6 nitrogen and oxygen atoms in total. The number of rotatable bonds is 8. The summed E-state index contributed by atoms with van der Waals surface area (Å²) in [6, 6.07) is 10.9. The summed E-state index contributed by atoms with van der Waals surface area (Å²) >= 11 is 0. The van der Waals surface area contributed by atoms with Gasteiger partial charge in [-0.15, -0.1) is 0 Å². The molecule has 1 amide bonds. The van der Waals surface area contributed by atoms with E-state index in [-0.39, 0.29) is 5.91 Å². The van der Waals surface area contributed by atoms with Gasteiger partial charge in [0.05, 0.1) is 4.90 Å². The number of nitrogens with one attached hydrogen (secondary N) is 1. The van der Waals surface area contributed by atoms with Crippen LogP contribution in [-0.4, -0.2) is 43.2 Å². The molecule has 3 rings (SSSR count).